The van der Waals surface area contributed by atoms with Crippen LogP contribution in [-0.4, -0.2) is 17.4 Å². The number of hydrogen-bond donors (Lipinski definition) is 0. The Balaban J connectivity index is 2.64. The van der Waals surface area contributed by atoms with Crippen molar-refractivity contribution in [2.75, 3.05) is 12.4 Å². The Kier molecular flexibility index (Phi) is 4.32. The molecule has 0 aliphatic rings. The van der Waals surface area contributed by atoms with E-state index in [-0.39, 0.29) is 0 Å². The molecule has 0 atom stereocenters. The molecule has 0 amide bonds. The number of hydrogen-bond acceptors (Lipinski definition) is 3. The molecule has 68 valence electrons. The summed E-state index contributed by atoms with van der Waals surface area (Å²) >= 11 is 10.7. The smallest absolute Gasteiger partial charge is 0.274 e. The van der Waals surface area contributed by atoms with Crippen molar-refractivity contribution in [2.24, 2.45) is 0 Å². The van der Waals surface area contributed by atoms with Gasteiger partial charge in [0, 0.05) is 10.2 Å². The normalized spacial score (nSPS) is 10.2. The van der Waals surface area contributed by atoms with E-state index in [4.69, 9.17) is 16.3 Å². The molecule has 0 N–H and O–H groups in total. The fourth-order valence-corrected chi connectivity index (χ4v) is 2.21. The van der Waals surface area contributed by atoms with Crippen molar-refractivity contribution in [1.82, 2.24) is 4.98 Å². The van der Waals surface area contributed by atoms with Gasteiger partial charge in [-0.1, -0.05) is 38.9 Å². The summed E-state index contributed by atoms with van der Waals surface area (Å²) in [6.45, 7) is 0. The molecule has 0 aliphatic carbocycles. The van der Waals surface area contributed by atoms with E-state index in [0.717, 1.165) is 23.0 Å². The van der Waals surface area contributed by atoms with Gasteiger partial charge >= 0.3 is 0 Å². The molecular formula is C7H9BrClNOS. The Morgan fingerprint density at radius 2 is 2.42 bits per heavy atom. The van der Waals surface area contributed by atoms with Gasteiger partial charge in [0.25, 0.3) is 5.19 Å². The van der Waals surface area contributed by atoms with Gasteiger partial charge < -0.3 is 4.74 Å². The first-order chi connectivity index (χ1) is 5.77. The second-order valence-corrected chi connectivity index (χ2v) is 4.39. The lowest BCUT2D eigenvalue weighted by Gasteiger charge is -1.91. The molecule has 1 rings (SSSR count). The van der Waals surface area contributed by atoms with Crippen LogP contribution in [0.25, 0.3) is 0 Å². The number of aromatic nitrogens is 1. The summed E-state index contributed by atoms with van der Waals surface area (Å²) in [4.78, 5) is 5.13. The monoisotopic (exact) mass is 269 g/mol. The molecule has 1 heterocycles. The van der Waals surface area contributed by atoms with Gasteiger partial charge in [-0.3, -0.25) is 0 Å². The molecular weight excluding hydrogens is 262 g/mol. The standard InChI is InChI=1S/C7H9BrClNOS/c1-11-7-10-6(9)5(12-7)3-2-4-8/h2-4H2,1H3. The van der Waals surface area contributed by atoms with Crippen LogP contribution in [0.3, 0.4) is 0 Å². The van der Waals surface area contributed by atoms with Crippen LogP contribution in [0.1, 0.15) is 11.3 Å². The van der Waals surface area contributed by atoms with Crippen molar-refractivity contribution >= 4 is 38.9 Å². The quantitative estimate of drug-likeness (QED) is 0.784. The van der Waals surface area contributed by atoms with E-state index in [9.17, 15) is 0 Å². The number of methoxy groups -OCH3 is 1. The van der Waals surface area contributed by atoms with Crippen LogP contribution in [0.4, 0.5) is 0 Å². The van der Waals surface area contributed by atoms with Crippen molar-refractivity contribution in [3.05, 3.63) is 10.0 Å². The highest BCUT2D eigenvalue weighted by molar-refractivity contribution is 9.09. The summed E-state index contributed by atoms with van der Waals surface area (Å²) in [5, 5.41) is 2.21. The van der Waals surface area contributed by atoms with Crippen LogP contribution in [0.5, 0.6) is 5.19 Å². The van der Waals surface area contributed by atoms with Gasteiger partial charge in [-0.25, -0.2) is 0 Å². The predicted octanol–water partition coefficient (Wildman–Crippen LogP) is 3.13. The van der Waals surface area contributed by atoms with Gasteiger partial charge in [0.1, 0.15) is 5.15 Å². The Morgan fingerprint density at radius 1 is 1.67 bits per heavy atom. The second kappa shape index (κ2) is 5.04. The van der Waals surface area contributed by atoms with Gasteiger partial charge in [-0.05, 0) is 12.8 Å². The molecule has 0 unspecified atom stereocenters. The highest BCUT2D eigenvalue weighted by Gasteiger charge is 2.08. The molecule has 5 heteroatoms. The lowest BCUT2D eigenvalue weighted by Crippen LogP contribution is -1.81. The average Bonchev–Trinajstić information content (AvgIpc) is 2.43. The maximum absolute atomic E-state index is 5.86. The zero-order valence-electron chi connectivity index (χ0n) is 6.64. The molecule has 2 nitrogen and oxygen atoms in total. The maximum Gasteiger partial charge on any atom is 0.274 e. The van der Waals surface area contributed by atoms with Crippen molar-refractivity contribution in [3.63, 3.8) is 0 Å². The molecule has 0 saturated heterocycles. The maximum atomic E-state index is 5.86. The third-order valence-electron chi connectivity index (χ3n) is 1.34. The highest BCUT2D eigenvalue weighted by Crippen LogP contribution is 2.29. The summed E-state index contributed by atoms with van der Waals surface area (Å²) in [7, 11) is 1.60. The molecule has 0 fully saturated rings. The first-order valence-electron chi connectivity index (χ1n) is 3.53. The molecule has 0 spiro atoms. The Bertz CT molecular complexity index is 254. The van der Waals surface area contributed by atoms with Crippen LogP contribution in [0.15, 0.2) is 0 Å². The second-order valence-electron chi connectivity index (χ2n) is 2.19. The first kappa shape index (κ1) is 10.3. The van der Waals surface area contributed by atoms with E-state index >= 15 is 0 Å². The topological polar surface area (TPSA) is 22.1 Å². The number of halogens is 2. The molecule has 0 saturated carbocycles. The minimum absolute atomic E-state index is 0.581. The van der Waals surface area contributed by atoms with Crippen molar-refractivity contribution in [2.45, 2.75) is 12.8 Å². The minimum atomic E-state index is 0.581. The van der Waals surface area contributed by atoms with Crippen molar-refractivity contribution in [3.8, 4) is 5.19 Å². The summed E-state index contributed by atoms with van der Waals surface area (Å²) in [5.74, 6) is 0. The highest BCUT2D eigenvalue weighted by atomic mass is 79.9. The number of ether oxygens (including phenoxy) is 1. The van der Waals surface area contributed by atoms with Crippen LogP contribution in [0.2, 0.25) is 5.15 Å². The molecule has 0 bridgehead atoms. The van der Waals surface area contributed by atoms with E-state index in [1.54, 1.807) is 7.11 Å². The summed E-state index contributed by atoms with van der Waals surface area (Å²) in [5.41, 5.74) is 0. The van der Waals surface area contributed by atoms with Gasteiger partial charge in [-0.15, -0.1) is 0 Å². The summed E-state index contributed by atoms with van der Waals surface area (Å²) < 4.78 is 4.97. The summed E-state index contributed by atoms with van der Waals surface area (Å²) in [6, 6.07) is 0. The Labute approximate surface area is 89.0 Å². The first-order valence-corrected chi connectivity index (χ1v) is 5.84. The van der Waals surface area contributed by atoms with E-state index < -0.39 is 0 Å². The van der Waals surface area contributed by atoms with Gasteiger partial charge in [0.2, 0.25) is 0 Å². The van der Waals surface area contributed by atoms with E-state index in [2.05, 4.69) is 20.9 Å². The van der Waals surface area contributed by atoms with Gasteiger partial charge in [0.15, 0.2) is 0 Å². The lowest BCUT2D eigenvalue weighted by molar-refractivity contribution is 0.412. The third kappa shape index (κ3) is 2.61. The number of aryl methyl sites for hydroxylation is 1. The van der Waals surface area contributed by atoms with Crippen molar-refractivity contribution in [1.29, 1.82) is 0 Å². The zero-order chi connectivity index (χ0) is 8.97. The van der Waals surface area contributed by atoms with Gasteiger partial charge in [0.05, 0.1) is 7.11 Å². The molecule has 0 radical (unpaired) electrons. The Morgan fingerprint density at radius 3 is 2.92 bits per heavy atom. The summed E-state index contributed by atoms with van der Waals surface area (Å²) in [6.07, 6.45) is 2.04. The molecule has 1 aromatic rings. The molecule has 0 aliphatic heterocycles. The fraction of sp³-hybridized carbons (Fsp3) is 0.571. The molecule has 0 aromatic carbocycles. The number of nitrogens with zero attached hydrogens (tertiary/aromatic N) is 1. The van der Waals surface area contributed by atoms with Crippen LogP contribution in [0, 0.1) is 0 Å². The van der Waals surface area contributed by atoms with Crippen LogP contribution >= 0.6 is 38.9 Å². The van der Waals surface area contributed by atoms with Gasteiger partial charge in [-0.2, -0.15) is 4.98 Å². The predicted molar refractivity (Wildman–Crippen MR) is 55.8 cm³/mol. The van der Waals surface area contributed by atoms with E-state index in [1.807, 2.05) is 0 Å². The number of thiazole rings is 1. The Hall–Kier alpha value is 0.200. The molecule has 12 heavy (non-hydrogen) atoms. The number of rotatable bonds is 4. The molecule has 1 aromatic heterocycles. The largest absolute Gasteiger partial charge is 0.473 e. The van der Waals surface area contributed by atoms with E-state index in [1.165, 1.54) is 11.3 Å². The third-order valence-corrected chi connectivity index (χ3v) is 3.40. The fourth-order valence-electron chi connectivity index (χ4n) is 0.782. The number of alkyl halides is 1. The lowest BCUT2D eigenvalue weighted by atomic mass is 10.3. The zero-order valence-corrected chi connectivity index (χ0v) is 9.80. The van der Waals surface area contributed by atoms with Crippen LogP contribution < -0.4 is 4.74 Å². The average molecular weight is 271 g/mol. The van der Waals surface area contributed by atoms with Crippen molar-refractivity contribution < 1.29 is 4.74 Å². The van der Waals surface area contributed by atoms with Crippen LogP contribution in [-0.2, 0) is 6.42 Å². The van der Waals surface area contributed by atoms with E-state index in [0.29, 0.717) is 10.3 Å². The minimum Gasteiger partial charge on any atom is -0.473 e. The SMILES string of the molecule is COc1nc(Cl)c(CCCBr)s1.